The van der Waals surface area contributed by atoms with Gasteiger partial charge < -0.3 is 24.8 Å². The summed E-state index contributed by atoms with van der Waals surface area (Å²) in [7, 11) is 4.61. The molecule has 0 radical (unpaired) electrons. The van der Waals surface area contributed by atoms with Crippen LogP contribution in [0.15, 0.2) is 42.5 Å². The minimum atomic E-state index is -0.250. The molecule has 2 aromatic carbocycles. The second kappa shape index (κ2) is 10.9. The van der Waals surface area contributed by atoms with Crippen LogP contribution < -0.4 is 24.8 Å². The van der Waals surface area contributed by atoms with Gasteiger partial charge >= 0.3 is 0 Å². The highest BCUT2D eigenvalue weighted by molar-refractivity contribution is 5.92. The van der Waals surface area contributed by atoms with Crippen LogP contribution in [-0.4, -0.2) is 33.1 Å². The Bertz CT molecular complexity index is 897. The Balaban J connectivity index is 2.01. The van der Waals surface area contributed by atoms with Crippen molar-refractivity contribution in [3.63, 3.8) is 0 Å². The fraction of sp³-hybridized carbons (Fsp3) is 0.304. The van der Waals surface area contributed by atoms with Gasteiger partial charge in [-0.1, -0.05) is 26.0 Å². The number of rotatable bonds is 9. The summed E-state index contributed by atoms with van der Waals surface area (Å²) in [6.45, 7) is 4.00. The van der Waals surface area contributed by atoms with Crippen LogP contribution >= 0.6 is 0 Å². The lowest BCUT2D eigenvalue weighted by molar-refractivity contribution is -0.119. The summed E-state index contributed by atoms with van der Waals surface area (Å²) in [5.41, 5.74) is 2.32. The Hall–Kier alpha value is -3.48. The number of hydrogen-bond acceptors (Lipinski definition) is 5. The molecule has 0 aliphatic carbocycles. The fourth-order valence-electron chi connectivity index (χ4n) is 2.66. The van der Waals surface area contributed by atoms with Crippen molar-refractivity contribution in [3.8, 4) is 17.2 Å². The lowest BCUT2D eigenvalue weighted by Gasteiger charge is -2.12. The van der Waals surface area contributed by atoms with E-state index in [0.29, 0.717) is 29.5 Å². The fourth-order valence-corrected chi connectivity index (χ4v) is 2.66. The van der Waals surface area contributed by atoms with E-state index in [-0.39, 0.29) is 17.7 Å². The van der Waals surface area contributed by atoms with E-state index in [2.05, 4.69) is 10.6 Å². The first-order valence-corrected chi connectivity index (χ1v) is 9.53. The van der Waals surface area contributed by atoms with E-state index in [1.54, 1.807) is 18.2 Å². The predicted molar refractivity (Wildman–Crippen MR) is 117 cm³/mol. The molecule has 0 aliphatic heterocycles. The number of benzene rings is 2. The van der Waals surface area contributed by atoms with Gasteiger partial charge in [0.25, 0.3) is 0 Å². The van der Waals surface area contributed by atoms with Gasteiger partial charge in [0.05, 0.1) is 21.3 Å². The molecule has 0 aliphatic rings. The van der Waals surface area contributed by atoms with E-state index in [0.717, 1.165) is 11.1 Å². The third kappa shape index (κ3) is 6.27. The van der Waals surface area contributed by atoms with E-state index in [1.807, 2.05) is 38.1 Å². The van der Waals surface area contributed by atoms with Crippen LogP contribution in [0.25, 0.3) is 6.08 Å². The van der Waals surface area contributed by atoms with Gasteiger partial charge in [0.2, 0.25) is 17.6 Å². The van der Waals surface area contributed by atoms with E-state index in [1.165, 1.54) is 27.4 Å². The zero-order valence-corrected chi connectivity index (χ0v) is 17.9. The van der Waals surface area contributed by atoms with Crippen LogP contribution in [0.1, 0.15) is 25.0 Å². The summed E-state index contributed by atoms with van der Waals surface area (Å²) in [4.78, 5) is 24.0. The average molecular weight is 412 g/mol. The number of carbonyl (C=O) groups excluding carboxylic acids is 2. The zero-order chi connectivity index (χ0) is 22.1. The molecule has 0 heterocycles. The molecule has 30 heavy (non-hydrogen) atoms. The van der Waals surface area contributed by atoms with Crippen LogP contribution in [0.5, 0.6) is 17.2 Å². The SMILES string of the molecule is COc1cc(/C=C/C(=O)NCc2cccc(NC(=O)C(C)C)c2)cc(OC)c1OC. The Kier molecular flexibility index (Phi) is 8.29. The van der Waals surface area contributed by atoms with Gasteiger partial charge in [0, 0.05) is 24.2 Å². The first-order valence-electron chi connectivity index (χ1n) is 9.53. The smallest absolute Gasteiger partial charge is 0.244 e. The molecule has 0 spiro atoms. The summed E-state index contributed by atoms with van der Waals surface area (Å²) in [6.07, 6.45) is 3.10. The van der Waals surface area contributed by atoms with E-state index >= 15 is 0 Å². The molecule has 0 fully saturated rings. The predicted octanol–water partition coefficient (Wildman–Crippen LogP) is 3.64. The minimum Gasteiger partial charge on any atom is -0.493 e. The first kappa shape index (κ1) is 22.8. The van der Waals surface area contributed by atoms with Crippen molar-refractivity contribution in [2.24, 2.45) is 5.92 Å². The number of amides is 2. The average Bonchev–Trinajstić information content (AvgIpc) is 2.75. The quantitative estimate of drug-likeness (QED) is 0.614. The first-order chi connectivity index (χ1) is 14.4. The molecular weight excluding hydrogens is 384 g/mol. The lowest BCUT2D eigenvalue weighted by atomic mass is 10.1. The number of carbonyl (C=O) groups is 2. The van der Waals surface area contributed by atoms with Crippen molar-refractivity contribution in [1.29, 1.82) is 0 Å². The van der Waals surface area contributed by atoms with Crippen molar-refractivity contribution in [2.45, 2.75) is 20.4 Å². The van der Waals surface area contributed by atoms with Crippen LogP contribution in [0.3, 0.4) is 0 Å². The van der Waals surface area contributed by atoms with Crippen molar-refractivity contribution < 1.29 is 23.8 Å². The number of anilines is 1. The summed E-state index contributed by atoms with van der Waals surface area (Å²) in [5.74, 6) is 1.11. The molecule has 2 N–H and O–H groups in total. The summed E-state index contributed by atoms with van der Waals surface area (Å²) in [6, 6.07) is 10.9. The highest BCUT2D eigenvalue weighted by atomic mass is 16.5. The maximum absolute atomic E-state index is 12.2. The third-order valence-corrected chi connectivity index (χ3v) is 4.30. The topological polar surface area (TPSA) is 85.9 Å². The van der Waals surface area contributed by atoms with Gasteiger partial charge in [-0.25, -0.2) is 0 Å². The molecule has 160 valence electrons. The van der Waals surface area contributed by atoms with Gasteiger partial charge in [-0.15, -0.1) is 0 Å². The Morgan fingerprint density at radius 1 is 1.00 bits per heavy atom. The van der Waals surface area contributed by atoms with E-state index < -0.39 is 0 Å². The number of nitrogens with one attached hydrogen (secondary N) is 2. The maximum Gasteiger partial charge on any atom is 0.244 e. The molecule has 2 aromatic rings. The van der Waals surface area contributed by atoms with Crippen LogP contribution in [0, 0.1) is 5.92 Å². The second-order valence-corrected chi connectivity index (χ2v) is 6.85. The summed E-state index contributed by atoms with van der Waals surface area (Å²) in [5, 5.41) is 5.67. The van der Waals surface area contributed by atoms with Crippen molar-refractivity contribution in [3.05, 3.63) is 53.6 Å². The minimum absolute atomic E-state index is 0.0514. The zero-order valence-electron chi connectivity index (χ0n) is 17.9. The van der Waals surface area contributed by atoms with Gasteiger partial charge in [-0.3, -0.25) is 9.59 Å². The number of ether oxygens (including phenoxy) is 3. The molecule has 7 heteroatoms. The van der Waals surface area contributed by atoms with Gasteiger partial charge in [0.15, 0.2) is 11.5 Å². The molecule has 0 aromatic heterocycles. The highest BCUT2D eigenvalue weighted by Gasteiger charge is 2.12. The molecule has 0 unspecified atom stereocenters. The molecule has 7 nitrogen and oxygen atoms in total. The Morgan fingerprint density at radius 2 is 1.67 bits per heavy atom. The largest absolute Gasteiger partial charge is 0.493 e. The molecule has 2 amide bonds. The van der Waals surface area contributed by atoms with Crippen molar-refractivity contribution in [1.82, 2.24) is 5.32 Å². The van der Waals surface area contributed by atoms with Crippen LogP contribution in [-0.2, 0) is 16.1 Å². The van der Waals surface area contributed by atoms with Gasteiger partial charge in [-0.05, 0) is 41.5 Å². The van der Waals surface area contributed by atoms with E-state index in [4.69, 9.17) is 14.2 Å². The Morgan fingerprint density at radius 3 is 2.23 bits per heavy atom. The van der Waals surface area contributed by atoms with Gasteiger partial charge in [0.1, 0.15) is 0 Å². The normalized spacial score (nSPS) is 10.7. The molecule has 0 bridgehead atoms. The Labute approximate surface area is 177 Å². The number of methoxy groups -OCH3 is 3. The molecule has 0 saturated carbocycles. The molecule has 0 saturated heterocycles. The maximum atomic E-state index is 12.2. The monoisotopic (exact) mass is 412 g/mol. The molecule has 2 rings (SSSR count). The number of hydrogen-bond donors (Lipinski definition) is 2. The molecular formula is C23H28N2O5. The molecule has 0 atom stereocenters. The highest BCUT2D eigenvalue weighted by Crippen LogP contribution is 2.38. The van der Waals surface area contributed by atoms with Crippen LogP contribution in [0.4, 0.5) is 5.69 Å². The standard InChI is InChI=1S/C23H28N2O5/c1-15(2)23(27)25-18-8-6-7-17(11-18)14-24-21(26)10-9-16-12-19(28-3)22(30-5)20(13-16)29-4/h6-13,15H,14H2,1-5H3,(H,24,26)(H,25,27)/b10-9+. The third-order valence-electron chi connectivity index (χ3n) is 4.30. The van der Waals surface area contributed by atoms with Crippen molar-refractivity contribution >= 4 is 23.6 Å². The second-order valence-electron chi connectivity index (χ2n) is 6.85. The summed E-state index contributed by atoms with van der Waals surface area (Å²) >= 11 is 0. The van der Waals surface area contributed by atoms with E-state index in [9.17, 15) is 9.59 Å². The van der Waals surface area contributed by atoms with Gasteiger partial charge in [-0.2, -0.15) is 0 Å². The van der Waals surface area contributed by atoms with Crippen molar-refractivity contribution in [2.75, 3.05) is 26.6 Å². The lowest BCUT2D eigenvalue weighted by Crippen LogP contribution is -2.21. The van der Waals surface area contributed by atoms with Crippen LogP contribution in [0.2, 0.25) is 0 Å². The summed E-state index contributed by atoms with van der Waals surface area (Å²) < 4.78 is 15.9.